The Morgan fingerprint density at radius 3 is 2.50 bits per heavy atom. The third kappa shape index (κ3) is 2.21. The van der Waals surface area contributed by atoms with Crippen LogP contribution in [0.2, 0.25) is 10.0 Å². The molecule has 0 spiro atoms. The van der Waals surface area contributed by atoms with E-state index in [1.165, 1.54) is 0 Å². The lowest BCUT2D eigenvalue weighted by Gasteiger charge is -2.27. The van der Waals surface area contributed by atoms with Crippen molar-refractivity contribution in [3.63, 3.8) is 0 Å². The summed E-state index contributed by atoms with van der Waals surface area (Å²) < 4.78 is 5.35. The topological polar surface area (TPSA) is 38.5 Å². The molecule has 1 aromatic carbocycles. The maximum absolute atomic E-state index is 6.16. The number of benzene rings is 1. The van der Waals surface area contributed by atoms with Crippen LogP contribution in [0.25, 0.3) is 0 Å². The number of likely N-dealkylation sites (N-methyl/N-ethyl adjacent to an activating group) is 1. The van der Waals surface area contributed by atoms with E-state index in [4.69, 9.17) is 33.7 Å². The van der Waals surface area contributed by atoms with Gasteiger partial charge in [0.2, 0.25) is 0 Å². The molecular formula is C11H14Cl2N2O. The van der Waals surface area contributed by atoms with Crippen molar-refractivity contribution < 1.29 is 4.74 Å². The molecule has 1 atom stereocenters. The summed E-state index contributed by atoms with van der Waals surface area (Å²) in [6.07, 6.45) is 0.994. The lowest BCUT2D eigenvalue weighted by atomic mass is 10.2. The molecule has 1 aliphatic rings. The van der Waals surface area contributed by atoms with Gasteiger partial charge >= 0.3 is 0 Å². The van der Waals surface area contributed by atoms with Crippen LogP contribution in [0.15, 0.2) is 12.1 Å². The Bertz CT molecular complexity index is 369. The van der Waals surface area contributed by atoms with Crippen molar-refractivity contribution >= 4 is 34.6 Å². The summed E-state index contributed by atoms with van der Waals surface area (Å²) in [6.45, 7) is 1.51. The number of hydrogen-bond donors (Lipinski definition) is 1. The fourth-order valence-electron chi connectivity index (χ4n) is 1.93. The Labute approximate surface area is 105 Å². The molecule has 2 rings (SSSR count). The molecule has 1 saturated heterocycles. The Kier molecular flexibility index (Phi) is 3.47. The van der Waals surface area contributed by atoms with Crippen molar-refractivity contribution in [2.45, 2.75) is 12.5 Å². The second kappa shape index (κ2) is 4.70. The van der Waals surface area contributed by atoms with Gasteiger partial charge in [0.1, 0.15) is 0 Å². The number of anilines is 2. The maximum Gasteiger partial charge on any atom is 0.0747 e. The smallest absolute Gasteiger partial charge is 0.0747 e. The third-order valence-electron chi connectivity index (χ3n) is 2.85. The fraction of sp³-hybridized carbons (Fsp3) is 0.455. The van der Waals surface area contributed by atoms with Crippen molar-refractivity contribution in [1.29, 1.82) is 0 Å². The standard InChI is InChI=1S/C11H14Cl2N2O/c1-15(8-2-3-16-6-8)11-9(12)4-7(14)5-10(11)13/h4-5,8H,2-3,6,14H2,1H3. The van der Waals surface area contributed by atoms with Gasteiger partial charge in [0.25, 0.3) is 0 Å². The molecule has 0 aromatic heterocycles. The molecule has 16 heavy (non-hydrogen) atoms. The first-order valence-electron chi connectivity index (χ1n) is 5.14. The number of halogens is 2. The lowest BCUT2D eigenvalue weighted by Crippen LogP contribution is -2.32. The zero-order valence-electron chi connectivity index (χ0n) is 9.04. The first-order chi connectivity index (χ1) is 7.59. The van der Waals surface area contributed by atoms with Gasteiger partial charge in [-0.25, -0.2) is 0 Å². The molecule has 0 saturated carbocycles. The van der Waals surface area contributed by atoms with Crippen molar-refractivity contribution in [1.82, 2.24) is 0 Å². The van der Waals surface area contributed by atoms with Crippen LogP contribution < -0.4 is 10.6 Å². The molecule has 1 unspecified atom stereocenters. The van der Waals surface area contributed by atoms with E-state index in [1.807, 2.05) is 7.05 Å². The first kappa shape index (κ1) is 11.8. The number of nitrogen functional groups attached to an aromatic ring is 1. The van der Waals surface area contributed by atoms with Crippen LogP contribution in [-0.2, 0) is 4.74 Å². The summed E-state index contributed by atoms with van der Waals surface area (Å²) in [7, 11) is 1.97. The Balaban J connectivity index is 2.31. The molecule has 0 aliphatic carbocycles. The monoisotopic (exact) mass is 260 g/mol. The Hall–Kier alpha value is -0.640. The second-order valence-corrected chi connectivity index (χ2v) is 4.78. The molecule has 0 bridgehead atoms. The van der Waals surface area contributed by atoms with Gasteiger partial charge in [0.15, 0.2) is 0 Å². The predicted molar refractivity (Wildman–Crippen MR) is 68.5 cm³/mol. The molecule has 1 fully saturated rings. The molecule has 2 N–H and O–H groups in total. The highest BCUT2D eigenvalue weighted by molar-refractivity contribution is 6.39. The Morgan fingerprint density at radius 1 is 1.38 bits per heavy atom. The molecule has 0 amide bonds. The van der Waals surface area contributed by atoms with Crippen LogP contribution in [0.5, 0.6) is 0 Å². The van der Waals surface area contributed by atoms with E-state index in [-0.39, 0.29) is 0 Å². The minimum absolute atomic E-state index is 0.332. The quantitative estimate of drug-likeness (QED) is 0.832. The van der Waals surface area contributed by atoms with E-state index in [0.717, 1.165) is 18.7 Å². The average Bonchev–Trinajstić information content (AvgIpc) is 2.67. The number of ether oxygens (including phenoxy) is 1. The molecule has 1 aromatic rings. The number of nitrogens with zero attached hydrogens (tertiary/aromatic N) is 1. The summed E-state index contributed by atoms with van der Waals surface area (Å²) >= 11 is 12.3. The summed E-state index contributed by atoms with van der Waals surface area (Å²) in [6, 6.07) is 3.77. The van der Waals surface area contributed by atoms with Gasteiger partial charge < -0.3 is 15.4 Å². The largest absolute Gasteiger partial charge is 0.399 e. The van der Waals surface area contributed by atoms with E-state index in [2.05, 4.69) is 4.90 Å². The lowest BCUT2D eigenvalue weighted by molar-refractivity contribution is 0.193. The predicted octanol–water partition coefficient (Wildman–Crippen LogP) is 2.80. The molecule has 88 valence electrons. The highest BCUT2D eigenvalue weighted by Gasteiger charge is 2.23. The zero-order valence-corrected chi connectivity index (χ0v) is 10.6. The normalized spacial score (nSPS) is 20.1. The zero-order chi connectivity index (χ0) is 11.7. The van der Waals surface area contributed by atoms with Gasteiger partial charge in [-0.3, -0.25) is 0 Å². The van der Waals surface area contributed by atoms with E-state index in [9.17, 15) is 0 Å². The van der Waals surface area contributed by atoms with Gasteiger partial charge in [-0.15, -0.1) is 0 Å². The molecule has 1 heterocycles. The van der Waals surface area contributed by atoms with Gasteiger partial charge in [-0.2, -0.15) is 0 Å². The van der Waals surface area contributed by atoms with Crippen LogP contribution in [0.1, 0.15) is 6.42 Å². The summed E-state index contributed by atoms with van der Waals surface area (Å²) in [4.78, 5) is 2.07. The van der Waals surface area contributed by atoms with Crippen LogP contribution >= 0.6 is 23.2 Å². The molecule has 0 radical (unpaired) electrons. The van der Waals surface area contributed by atoms with E-state index in [0.29, 0.717) is 28.4 Å². The third-order valence-corrected chi connectivity index (χ3v) is 3.42. The number of hydrogen-bond acceptors (Lipinski definition) is 3. The number of rotatable bonds is 2. The summed E-state index contributed by atoms with van der Waals surface area (Å²) in [5.41, 5.74) is 7.08. The van der Waals surface area contributed by atoms with Gasteiger partial charge in [0.05, 0.1) is 28.4 Å². The van der Waals surface area contributed by atoms with Gasteiger partial charge in [-0.1, -0.05) is 23.2 Å². The average molecular weight is 261 g/mol. The SMILES string of the molecule is CN(c1c(Cl)cc(N)cc1Cl)C1CCOC1. The van der Waals surface area contributed by atoms with Gasteiger partial charge in [0, 0.05) is 19.3 Å². The van der Waals surface area contributed by atoms with Crippen LogP contribution in [0.4, 0.5) is 11.4 Å². The minimum atomic E-state index is 0.332. The van der Waals surface area contributed by atoms with Crippen LogP contribution in [-0.4, -0.2) is 26.3 Å². The van der Waals surface area contributed by atoms with Crippen molar-refractivity contribution in [3.05, 3.63) is 22.2 Å². The van der Waals surface area contributed by atoms with Gasteiger partial charge in [-0.05, 0) is 18.6 Å². The second-order valence-electron chi connectivity index (χ2n) is 3.96. The van der Waals surface area contributed by atoms with Crippen molar-refractivity contribution in [3.8, 4) is 0 Å². The molecular weight excluding hydrogens is 247 g/mol. The highest BCUT2D eigenvalue weighted by atomic mass is 35.5. The maximum atomic E-state index is 6.16. The van der Waals surface area contributed by atoms with Crippen molar-refractivity contribution in [2.24, 2.45) is 0 Å². The number of nitrogens with two attached hydrogens (primary N) is 1. The molecule has 3 nitrogen and oxygen atoms in total. The molecule has 1 aliphatic heterocycles. The van der Waals surface area contributed by atoms with Crippen LogP contribution in [0, 0.1) is 0 Å². The molecule has 5 heteroatoms. The Morgan fingerprint density at radius 2 is 2.00 bits per heavy atom. The van der Waals surface area contributed by atoms with Crippen LogP contribution in [0.3, 0.4) is 0 Å². The first-order valence-corrected chi connectivity index (χ1v) is 5.90. The van der Waals surface area contributed by atoms with E-state index < -0.39 is 0 Å². The van der Waals surface area contributed by atoms with E-state index in [1.54, 1.807) is 12.1 Å². The van der Waals surface area contributed by atoms with Crippen molar-refractivity contribution in [2.75, 3.05) is 30.9 Å². The van der Waals surface area contributed by atoms with E-state index >= 15 is 0 Å². The highest BCUT2D eigenvalue weighted by Crippen LogP contribution is 2.37. The fourth-order valence-corrected chi connectivity index (χ4v) is 2.70. The summed E-state index contributed by atoms with van der Waals surface area (Å²) in [5, 5.41) is 1.17. The minimum Gasteiger partial charge on any atom is -0.399 e. The summed E-state index contributed by atoms with van der Waals surface area (Å²) in [5.74, 6) is 0.